The van der Waals surface area contributed by atoms with Gasteiger partial charge in [-0.2, -0.15) is 0 Å². The van der Waals surface area contributed by atoms with Gasteiger partial charge in [-0.15, -0.1) is 11.8 Å². The molecule has 30 heavy (non-hydrogen) atoms. The van der Waals surface area contributed by atoms with E-state index in [4.69, 9.17) is 0 Å². The number of benzene rings is 1. The van der Waals surface area contributed by atoms with E-state index in [1.54, 1.807) is 18.0 Å². The predicted octanol–water partition coefficient (Wildman–Crippen LogP) is 4.69. The minimum Gasteiger partial charge on any atom is -0.357 e. The molecule has 154 valence electrons. The van der Waals surface area contributed by atoms with Crippen LogP contribution in [-0.2, 0) is 12.3 Å². The predicted molar refractivity (Wildman–Crippen MR) is 122 cm³/mol. The average Bonchev–Trinajstić information content (AvgIpc) is 3.33. The van der Waals surface area contributed by atoms with E-state index in [1.807, 2.05) is 48.7 Å². The normalized spacial score (nSPS) is 13.3. The van der Waals surface area contributed by atoms with Gasteiger partial charge in [-0.1, -0.05) is 18.2 Å². The second-order valence-electron chi connectivity index (χ2n) is 7.18. The van der Waals surface area contributed by atoms with Crippen molar-refractivity contribution in [2.45, 2.75) is 30.2 Å². The highest BCUT2D eigenvalue weighted by molar-refractivity contribution is 7.98. The molecule has 0 spiro atoms. The van der Waals surface area contributed by atoms with Crippen molar-refractivity contribution in [1.82, 2.24) is 15.3 Å². The highest BCUT2D eigenvalue weighted by Crippen LogP contribution is 2.22. The van der Waals surface area contributed by atoms with Crippen molar-refractivity contribution in [1.29, 1.82) is 0 Å². The molecule has 1 aliphatic rings. The summed E-state index contributed by atoms with van der Waals surface area (Å²) >= 11 is 1.67. The summed E-state index contributed by atoms with van der Waals surface area (Å²) < 4.78 is 0. The largest absolute Gasteiger partial charge is 0.357 e. The third kappa shape index (κ3) is 5.73. The van der Waals surface area contributed by atoms with Crippen LogP contribution in [0.3, 0.4) is 0 Å². The number of thioether (sulfide) groups is 1. The van der Waals surface area contributed by atoms with Gasteiger partial charge in [0.05, 0.1) is 5.03 Å². The molecule has 3 aromatic rings. The highest BCUT2D eigenvalue weighted by Gasteiger charge is 2.13. The van der Waals surface area contributed by atoms with E-state index in [2.05, 4.69) is 37.6 Å². The Balaban J connectivity index is 1.28. The fourth-order valence-corrected chi connectivity index (χ4v) is 4.18. The van der Waals surface area contributed by atoms with Crippen LogP contribution >= 0.6 is 11.8 Å². The number of rotatable bonds is 7. The Bertz CT molecular complexity index is 976. The Morgan fingerprint density at radius 2 is 1.87 bits per heavy atom. The summed E-state index contributed by atoms with van der Waals surface area (Å²) in [5.41, 5.74) is 2.95. The van der Waals surface area contributed by atoms with E-state index in [9.17, 15) is 4.79 Å². The Labute approximate surface area is 181 Å². The molecule has 2 aromatic heterocycles. The molecule has 0 atom stereocenters. The molecule has 1 aliphatic heterocycles. The van der Waals surface area contributed by atoms with Gasteiger partial charge in [-0.05, 0) is 60.4 Å². The number of nitrogens with zero attached hydrogens (tertiary/aromatic N) is 3. The van der Waals surface area contributed by atoms with Gasteiger partial charge in [0.1, 0.15) is 5.82 Å². The summed E-state index contributed by atoms with van der Waals surface area (Å²) in [5, 5.41) is 6.84. The van der Waals surface area contributed by atoms with Gasteiger partial charge in [-0.25, -0.2) is 14.8 Å². The number of carbonyl (C=O) groups excluding carboxylic acids is 1. The lowest BCUT2D eigenvalue weighted by Gasteiger charge is -2.17. The van der Waals surface area contributed by atoms with E-state index in [0.29, 0.717) is 6.54 Å². The van der Waals surface area contributed by atoms with E-state index in [0.717, 1.165) is 46.5 Å². The summed E-state index contributed by atoms with van der Waals surface area (Å²) in [6.45, 7) is 2.57. The molecule has 0 bridgehead atoms. The SMILES string of the molecule is O=C(NCc1ccnc(N2CCCC2)c1)Nc1cccc(CSc2ccccn2)c1. The quantitative estimate of drug-likeness (QED) is 0.544. The van der Waals surface area contributed by atoms with Gasteiger partial charge in [0.25, 0.3) is 0 Å². The van der Waals surface area contributed by atoms with Crippen LogP contribution in [0.4, 0.5) is 16.3 Å². The monoisotopic (exact) mass is 419 g/mol. The number of hydrogen-bond acceptors (Lipinski definition) is 5. The van der Waals surface area contributed by atoms with Gasteiger partial charge >= 0.3 is 6.03 Å². The maximum atomic E-state index is 12.4. The topological polar surface area (TPSA) is 70.2 Å². The number of anilines is 2. The summed E-state index contributed by atoms with van der Waals surface area (Å²) in [6, 6.07) is 17.6. The molecule has 0 unspecified atom stereocenters. The van der Waals surface area contributed by atoms with Gasteiger partial charge < -0.3 is 15.5 Å². The zero-order valence-corrected chi connectivity index (χ0v) is 17.6. The number of amides is 2. The number of aromatic nitrogens is 2. The van der Waals surface area contributed by atoms with Crippen LogP contribution in [0.5, 0.6) is 0 Å². The molecule has 0 aliphatic carbocycles. The number of nitrogens with one attached hydrogen (secondary N) is 2. The lowest BCUT2D eigenvalue weighted by molar-refractivity contribution is 0.251. The molecule has 1 saturated heterocycles. The van der Waals surface area contributed by atoms with E-state index in [-0.39, 0.29) is 6.03 Å². The van der Waals surface area contributed by atoms with E-state index < -0.39 is 0 Å². The van der Waals surface area contributed by atoms with Crippen LogP contribution in [0.15, 0.2) is 72.0 Å². The van der Waals surface area contributed by atoms with Gasteiger partial charge in [-0.3, -0.25) is 0 Å². The summed E-state index contributed by atoms with van der Waals surface area (Å²) in [4.78, 5) is 23.4. The maximum absolute atomic E-state index is 12.4. The molecule has 0 saturated carbocycles. The zero-order valence-electron chi connectivity index (χ0n) is 16.8. The van der Waals surface area contributed by atoms with Crippen molar-refractivity contribution >= 4 is 29.3 Å². The molecule has 1 fully saturated rings. The number of pyridine rings is 2. The summed E-state index contributed by atoms with van der Waals surface area (Å²) in [5.74, 6) is 1.79. The molecule has 4 rings (SSSR count). The summed E-state index contributed by atoms with van der Waals surface area (Å²) in [7, 11) is 0. The van der Waals surface area contributed by atoms with E-state index in [1.165, 1.54) is 12.8 Å². The standard InChI is InChI=1S/C23H25N5OS/c29-23(26-16-18-9-11-24-21(15-18)28-12-3-4-13-28)27-20-7-5-6-19(14-20)17-30-22-8-1-2-10-25-22/h1-2,5-11,14-15H,3-4,12-13,16-17H2,(H2,26,27,29). The minimum absolute atomic E-state index is 0.218. The first-order chi connectivity index (χ1) is 14.8. The molecule has 6 nitrogen and oxygen atoms in total. The Hall–Kier alpha value is -3.06. The molecular weight excluding hydrogens is 394 g/mol. The van der Waals surface area contributed by atoms with Crippen molar-refractivity contribution in [2.75, 3.05) is 23.3 Å². The second-order valence-corrected chi connectivity index (χ2v) is 8.18. The van der Waals surface area contributed by atoms with Crippen molar-refractivity contribution < 1.29 is 4.79 Å². The van der Waals surface area contributed by atoms with Crippen molar-refractivity contribution in [2.24, 2.45) is 0 Å². The Morgan fingerprint density at radius 1 is 0.967 bits per heavy atom. The number of hydrogen-bond donors (Lipinski definition) is 2. The van der Waals surface area contributed by atoms with Crippen LogP contribution in [0.1, 0.15) is 24.0 Å². The zero-order chi connectivity index (χ0) is 20.6. The molecule has 2 N–H and O–H groups in total. The van der Waals surface area contributed by atoms with Crippen molar-refractivity contribution in [3.05, 3.63) is 78.1 Å². The summed E-state index contributed by atoms with van der Waals surface area (Å²) in [6.07, 6.45) is 6.03. The first-order valence-electron chi connectivity index (χ1n) is 10.1. The van der Waals surface area contributed by atoms with Crippen molar-refractivity contribution in [3.8, 4) is 0 Å². The maximum Gasteiger partial charge on any atom is 0.319 e. The Morgan fingerprint density at radius 3 is 2.70 bits per heavy atom. The average molecular weight is 420 g/mol. The molecular formula is C23H25N5OS. The third-order valence-corrected chi connectivity index (χ3v) is 5.92. The van der Waals surface area contributed by atoms with E-state index >= 15 is 0 Å². The fourth-order valence-electron chi connectivity index (χ4n) is 3.38. The molecule has 7 heteroatoms. The second kappa shape index (κ2) is 10.1. The van der Waals surface area contributed by atoms with Crippen LogP contribution in [0.2, 0.25) is 0 Å². The fraction of sp³-hybridized carbons (Fsp3) is 0.261. The first kappa shape index (κ1) is 20.2. The third-order valence-electron chi connectivity index (χ3n) is 4.90. The molecule has 0 radical (unpaired) electrons. The van der Waals surface area contributed by atoms with Crippen LogP contribution in [-0.4, -0.2) is 29.1 Å². The van der Waals surface area contributed by atoms with Crippen LogP contribution in [0.25, 0.3) is 0 Å². The van der Waals surface area contributed by atoms with Gasteiger partial charge in [0.15, 0.2) is 0 Å². The minimum atomic E-state index is -0.218. The lowest BCUT2D eigenvalue weighted by Crippen LogP contribution is -2.28. The molecule has 2 amide bonds. The van der Waals surface area contributed by atoms with Crippen molar-refractivity contribution in [3.63, 3.8) is 0 Å². The van der Waals surface area contributed by atoms with Crippen LogP contribution < -0.4 is 15.5 Å². The first-order valence-corrected chi connectivity index (χ1v) is 11.1. The van der Waals surface area contributed by atoms with Gasteiger partial charge in [0.2, 0.25) is 0 Å². The smallest absolute Gasteiger partial charge is 0.319 e. The number of carbonyl (C=O) groups is 1. The highest BCUT2D eigenvalue weighted by atomic mass is 32.2. The molecule has 1 aromatic carbocycles. The molecule has 3 heterocycles. The Kier molecular flexibility index (Phi) is 6.82. The van der Waals surface area contributed by atoms with Gasteiger partial charge in [0, 0.05) is 43.5 Å². The lowest BCUT2D eigenvalue weighted by atomic mass is 10.2. The number of urea groups is 1. The van der Waals surface area contributed by atoms with Crippen LogP contribution in [0, 0.1) is 0 Å².